The third-order valence-corrected chi connectivity index (χ3v) is 4.75. The Morgan fingerprint density at radius 3 is 2.34 bits per heavy atom. The van der Waals surface area contributed by atoms with E-state index in [4.69, 9.17) is 9.47 Å². The number of rotatable bonds is 5. The average molecular weight is 398 g/mol. The minimum atomic E-state index is -0.167. The third-order valence-electron chi connectivity index (χ3n) is 4.75. The number of piperazine rings is 1. The van der Waals surface area contributed by atoms with Gasteiger partial charge >= 0.3 is 6.03 Å². The Labute approximate surface area is 170 Å². The van der Waals surface area contributed by atoms with E-state index in [1.807, 2.05) is 24.3 Å². The van der Waals surface area contributed by atoms with Crippen molar-refractivity contribution in [1.82, 2.24) is 4.90 Å². The molecular weight excluding hydrogens is 372 g/mol. The van der Waals surface area contributed by atoms with E-state index in [-0.39, 0.29) is 11.9 Å². The van der Waals surface area contributed by atoms with Crippen molar-refractivity contribution in [2.24, 2.45) is 0 Å². The molecule has 1 aliphatic heterocycles. The molecule has 8 nitrogen and oxygen atoms in total. The topological polar surface area (TPSA) is 83.1 Å². The number of nitrogens with zero attached hydrogens (tertiary/aromatic N) is 2. The molecule has 3 amide bonds. The van der Waals surface area contributed by atoms with Crippen LogP contribution in [0.15, 0.2) is 42.5 Å². The Hall–Kier alpha value is -3.42. The summed E-state index contributed by atoms with van der Waals surface area (Å²) in [5, 5.41) is 5.70. The van der Waals surface area contributed by atoms with Crippen LogP contribution in [0.1, 0.15) is 6.92 Å². The van der Waals surface area contributed by atoms with Crippen LogP contribution in [0.4, 0.5) is 21.9 Å². The number of nitrogens with one attached hydrogen (secondary N) is 2. The lowest BCUT2D eigenvalue weighted by Crippen LogP contribution is -2.50. The summed E-state index contributed by atoms with van der Waals surface area (Å²) in [4.78, 5) is 27.9. The normalized spacial score (nSPS) is 13.6. The van der Waals surface area contributed by atoms with Gasteiger partial charge in [0.1, 0.15) is 11.5 Å². The second kappa shape index (κ2) is 9.18. The smallest absolute Gasteiger partial charge is 0.322 e. The van der Waals surface area contributed by atoms with E-state index in [2.05, 4.69) is 15.5 Å². The van der Waals surface area contributed by atoms with Crippen molar-refractivity contribution in [3.63, 3.8) is 0 Å². The summed E-state index contributed by atoms with van der Waals surface area (Å²) in [6.07, 6.45) is 0. The van der Waals surface area contributed by atoms with Crippen molar-refractivity contribution >= 4 is 29.0 Å². The molecule has 0 aromatic heterocycles. The summed E-state index contributed by atoms with van der Waals surface area (Å²) in [5.74, 6) is 1.11. The zero-order chi connectivity index (χ0) is 20.8. The molecule has 3 rings (SSSR count). The number of carbonyl (C=O) groups is 2. The number of hydrogen-bond acceptors (Lipinski definition) is 5. The third kappa shape index (κ3) is 5.10. The summed E-state index contributed by atoms with van der Waals surface area (Å²) >= 11 is 0. The first-order valence-corrected chi connectivity index (χ1v) is 9.40. The fourth-order valence-corrected chi connectivity index (χ4v) is 3.25. The molecule has 2 N–H and O–H groups in total. The lowest BCUT2D eigenvalue weighted by molar-refractivity contribution is -0.114. The number of carbonyl (C=O) groups excluding carboxylic acids is 2. The zero-order valence-corrected chi connectivity index (χ0v) is 16.9. The SMILES string of the molecule is COc1ccc(NC(=O)N2CCN(c3cccc(NC(C)=O)c3)CC2)c(OC)c1. The summed E-state index contributed by atoms with van der Waals surface area (Å²) < 4.78 is 10.5. The van der Waals surface area contributed by atoms with Crippen LogP contribution in [0.3, 0.4) is 0 Å². The number of hydrogen-bond donors (Lipinski definition) is 2. The zero-order valence-electron chi connectivity index (χ0n) is 16.9. The molecule has 0 unspecified atom stereocenters. The van der Waals surface area contributed by atoms with Crippen molar-refractivity contribution in [3.05, 3.63) is 42.5 Å². The highest BCUT2D eigenvalue weighted by Gasteiger charge is 2.22. The maximum Gasteiger partial charge on any atom is 0.322 e. The van der Waals surface area contributed by atoms with Gasteiger partial charge in [-0.25, -0.2) is 4.79 Å². The highest BCUT2D eigenvalue weighted by Crippen LogP contribution is 2.29. The molecule has 0 aliphatic carbocycles. The van der Waals surface area contributed by atoms with Crippen molar-refractivity contribution in [1.29, 1.82) is 0 Å². The number of methoxy groups -OCH3 is 2. The van der Waals surface area contributed by atoms with Crippen LogP contribution in [0, 0.1) is 0 Å². The number of benzene rings is 2. The summed E-state index contributed by atoms with van der Waals surface area (Å²) in [7, 11) is 3.14. The molecule has 0 saturated carbocycles. The predicted octanol–water partition coefficient (Wildman–Crippen LogP) is 3.02. The molecule has 0 spiro atoms. The van der Waals surface area contributed by atoms with Crippen LogP contribution >= 0.6 is 0 Å². The van der Waals surface area contributed by atoms with Gasteiger partial charge in [0.25, 0.3) is 0 Å². The van der Waals surface area contributed by atoms with E-state index in [0.29, 0.717) is 43.4 Å². The van der Waals surface area contributed by atoms with E-state index >= 15 is 0 Å². The van der Waals surface area contributed by atoms with Crippen LogP contribution in [0.5, 0.6) is 11.5 Å². The molecule has 2 aromatic rings. The molecule has 8 heteroatoms. The lowest BCUT2D eigenvalue weighted by Gasteiger charge is -2.36. The molecule has 0 atom stereocenters. The summed E-state index contributed by atoms with van der Waals surface area (Å²) in [6, 6.07) is 12.8. The van der Waals surface area contributed by atoms with Crippen LogP contribution in [0.2, 0.25) is 0 Å². The molecule has 29 heavy (non-hydrogen) atoms. The van der Waals surface area contributed by atoms with Gasteiger partial charge in [-0.1, -0.05) is 6.07 Å². The Morgan fingerprint density at radius 2 is 1.69 bits per heavy atom. The molecule has 1 aliphatic rings. The average Bonchev–Trinajstić information content (AvgIpc) is 2.73. The molecule has 1 fully saturated rings. The number of anilines is 3. The second-order valence-electron chi connectivity index (χ2n) is 6.70. The molecule has 1 heterocycles. The minimum absolute atomic E-state index is 0.0994. The Morgan fingerprint density at radius 1 is 0.931 bits per heavy atom. The summed E-state index contributed by atoms with van der Waals surface area (Å²) in [6.45, 7) is 4.08. The van der Waals surface area contributed by atoms with Crippen molar-refractivity contribution in [2.45, 2.75) is 6.92 Å². The van der Waals surface area contributed by atoms with E-state index in [1.54, 1.807) is 37.3 Å². The van der Waals surface area contributed by atoms with Crippen molar-refractivity contribution in [2.75, 3.05) is 55.9 Å². The van der Waals surface area contributed by atoms with Gasteiger partial charge in [0.2, 0.25) is 5.91 Å². The standard InChI is InChI=1S/C21H26N4O4/c1-15(26)22-16-5-4-6-17(13-16)24-9-11-25(12-10-24)21(27)23-19-8-7-18(28-2)14-20(19)29-3/h4-8,13-14H,9-12H2,1-3H3,(H,22,26)(H,23,27). The van der Waals surface area contributed by atoms with Gasteiger partial charge in [-0.2, -0.15) is 0 Å². The van der Waals surface area contributed by atoms with Crippen molar-refractivity contribution < 1.29 is 19.1 Å². The number of ether oxygens (including phenoxy) is 2. The Bertz CT molecular complexity index is 879. The lowest BCUT2D eigenvalue weighted by atomic mass is 10.2. The van der Waals surface area contributed by atoms with Gasteiger partial charge < -0.3 is 29.9 Å². The van der Waals surface area contributed by atoms with E-state index in [1.165, 1.54) is 6.92 Å². The molecule has 0 radical (unpaired) electrons. The molecular formula is C21H26N4O4. The van der Waals surface area contributed by atoms with Gasteiger partial charge in [0.15, 0.2) is 0 Å². The van der Waals surface area contributed by atoms with Gasteiger partial charge in [-0.05, 0) is 30.3 Å². The highest BCUT2D eigenvalue weighted by molar-refractivity contribution is 5.91. The number of urea groups is 1. The van der Waals surface area contributed by atoms with E-state index < -0.39 is 0 Å². The maximum absolute atomic E-state index is 12.7. The second-order valence-corrected chi connectivity index (χ2v) is 6.70. The largest absolute Gasteiger partial charge is 0.497 e. The van der Waals surface area contributed by atoms with Gasteiger partial charge in [0.05, 0.1) is 19.9 Å². The number of amides is 3. The van der Waals surface area contributed by atoms with E-state index in [0.717, 1.165) is 11.4 Å². The van der Waals surface area contributed by atoms with Crippen LogP contribution in [0.25, 0.3) is 0 Å². The molecule has 0 bridgehead atoms. The quantitative estimate of drug-likeness (QED) is 0.809. The maximum atomic E-state index is 12.7. The first-order valence-electron chi connectivity index (χ1n) is 9.40. The predicted molar refractivity (Wildman–Crippen MR) is 113 cm³/mol. The Balaban J connectivity index is 1.59. The van der Waals surface area contributed by atoms with Gasteiger partial charge in [-0.3, -0.25) is 4.79 Å². The highest BCUT2D eigenvalue weighted by atomic mass is 16.5. The van der Waals surface area contributed by atoms with Crippen molar-refractivity contribution in [3.8, 4) is 11.5 Å². The molecule has 154 valence electrons. The van der Waals surface area contributed by atoms with E-state index in [9.17, 15) is 9.59 Å². The molecule has 2 aromatic carbocycles. The fourth-order valence-electron chi connectivity index (χ4n) is 3.25. The monoisotopic (exact) mass is 398 g/mol. The van der Waals surface area contributed by atoms with Crippen LogP contribution in [-0.2, 0) is 4.79 Å². The van der Waals surface area contributed by atoms with Gasteiger partial charge in [0, 0.05) is 50.5 Å². The molecule has 1 saturated heterocycles. The van der Waals surface area contributed by atoms with Gasteiger partial charge in [-0.15, -0.1) is 0 Å². The van der Waals surface area contributed by atoms with Crippen LogP contribution in [-0.4, -0.2) is 57.2 Å². The first kappa shape index (κ1) is 20.3. The Kier molecular flexibility index (Phi) is 6.43. The fraction of sp³-hybridized carbons (Fsp3) is 0.333. The minimum Gasteiger partial charge on any atom is -0.497 e. The first-order chi connectivity index (χ1) is 14.0. The summed E-state index contributed by atoms with van der Waals surface area (Å²) in [5.41, 5.74) is 2.39. The van der Waals surface area contributed by atoms with Crippen LogP contribution < -0.4 is 25.0 Å².